The lowest BCUT2D eigenvalue weighted by molar-refractivity contribution is -0.00286. The van der Waals surface area contributed by atoms with Gasteiger partial charge >= 0.3 is 0 Å². The molecule has 0 amide bonds. The minimum absolute atomic E-state index is 0.0922. The fourth-order valence-corrected chi connectivity index (χ4v) is 1.62. The highest BCUT2D eigenvalue weighted by Crippen LogP contribution is 2.13. The number of rotatable bonds is 2. The van der Waals surface area contributed by atoms with E-state index in [1.165, 1.54) is 11.1 Å². The second kappa shape index (κ2) is 3.48. The first-order chi connectivity index (χ1) is 6.24. The quantitative estimate of drug-likeness (QED) is 0.733. The third-order valence-corrected chi connectivity index (χ3v) is 2.46. The minimum Gasteiger partial charge on any atom is -0.390 e. The van der Waals surface area contributed by atoms with Gasteiger partial charge in [-0.1, -0.05) is 29.8 Å². The van der Waals surface area contributed by atoms with Crippen molar-refractivity contribution >= 4 is 0 Å². The number of aryl methyl sites for hydroxylation is 1. The highest BCUT2D eigenvalue weighted by molar-refractivity contribution is 5.21. The second-order valence-corrected chi connectivity index (χ2v) is 3.83. The van der Waals surface area contributed by atoms with E-state index < -0.39 is 0 Å². The Labute approximate surface area is 78.8 Å². The first-order valence-corrected chi connectivity index (χ1v) is 4.70. The maximum atomic E-state index is 9.10. The molecule has 1 aliphatic heterocycles. The van der Waals surface area contributed by atoms with E-state index in [0.717, 1.165) is 19.6 Å². The number of likely N-dealkylation sites (tertiary alicyclic amines) is 1. The van der Waals surface area contributed by atoms with Crippen LogP contribution in [0.25, 0.3) is 0 Å². The van der Waals surface area contributed by atoms with Gasteiger partial charge in [0.1, 0.15) is 0 Å². The van der Waals surface area contributed by atoms with Gasteiger partial charge in [-0.05, 0) is 12.5 Å². The van der Waals surface area contributed by atoms with Crippen molar-refractivity contribution in [2.24, 2.45) is 0 Å². The summed E-state index contributed by atoms with van der Waals surface area (Å²) in [5.74, 6) is 0. The van der Waals surface area contributed by atoms with Crippen molar-refractivity contribution in [3.05, 3.63) is 35.4 Å². The molecule has 0 radical (unpaired) electrons. The van der Waals surface area contributed by atoms with Gasteiger partial charge < -0.3 is 5.11 Å². The third kappa shape index (κ3) is 2.08. The lowest BCUT2D eigenvalue weighted by Crippen LogP contribution is -2.49. The van der Waals surface area contributed by atoms with Crippen LogP contribution in [0.3, 0.4) is 0 Å². The van der Waals surface area contributed by atoms with Gasteiger partial charge in [-0.15, -0.1) is 0 Å². The fourth-order valence-electron chi connectivity index (χ4n) is 1.62. The predicted octanol–water partition coefficient (Wildman–Crippen LogP) is 1.17. The van der Waals surface area contributed by atoms with Crippen LogP contribution in [0.2, 0.25) is 0 Å². The average molecular weight is 177 g/mol. The smallest absolute Gasteiger partial charge is 0.0794 e. The fraction of sp³-hybridized carbons (Fsp3) is 0.455. The lowest BCUT2D eigenvalue weighted by Gasteiger charge is -2.35. The summed E-state index contributed by atoms with van der Waals surface area (Å²) in [6.07, 6.45) is -0.0922. The van der Waals surface area contributed by atoms with E-state index in [0.29, 0.717) is 0 Å². The average Bonchev–Trinajstić information content (AvgIpc) is 2.06. The topological polar surface area (TPSA) is 23.5 Å². The summed E-state index contributed by atoms with van der Waals surface area (Å²) in [6.45, 7) is 4.72. The first-order valence-electron chi connectivity index (χ1n) is 4.70. The molecule has 1 fully saturated rings. The van der Waals surface area contributed by atoms with Gasteiger partial charge in [0.2, 0.25) is 0 Å². The summed E-state index contributed by atoms with van der Waals surface area (Å²) in [5.41, 5.74) is 2.63. The summed E-state index contributed by atoms with van der Waals surface area (Å²) in [7, 11) is 0. The van der Waals surface area contributed by atoms with Crippen LogP contribution in [0.15, 0.2) is 24.3 Å². The standard InChI is InChI=1S/C11H15NO/c1-9-2-4-10(5-3-9)6-12-7-11(13)8-12/h2-5,11,13H,6-8H2,1H3. The van der Waals surface area contributed by atoms with E-state index in [1.54, 1.807) is 0 Å². The Hall–Kier alpha value is -0.860. The zero-order valence-corrected chi connectivity index (χ0v) is 7.90. The van der Waals surface area contributed by atoms with Crippen LogP contribution in [0.5, 0.6) is 0 Å². The van der Waals surface area contributed by atoms with Crippen LogP contribution in [0.4, 0.5) is 0 Å². The highest BCUT2D eigenvalue weighted by Gasteiger charge is 2.23. The van der Waals surface area contributed by atoms with Gasteiger partial charge in [-0.25, -0.2) is 0 Å². The number of β-amino-alcohol motifs (C(OH)–C–C–N with tert-alkyl or cyclic N) is 1. The largest absolute Gasteiger partial charge is 0.390 e. The molecule has 0 spiro atoms. The molecule has 0 atom stereocenters. The Balaban J connectivity index is 1.91. The zero-order chi connectivity index (χ0) is 9.26. The number of benzene rings is 1. The summed E-state index contributed by atoms with van der Waals surface area (Å²) in [6, 6.07) is 8.57. The van der Waals surface area contributed by atoms with Crippen LogP contribution in [0.1, 0.15) is 11.1 Å². The summed E-state index contributed by atoms with van der Waals surface area (Å²) < 4.78 is 0. The van der Waals surface area contributed by atoms with Crippen molar-refractivity contribution in [3.8, 4) is 0 Å². The van der Waals surface area contributed by atoms with E-state index in [9.17, 15) is 0 Å². The Kier molecular flexibility index (Phi) is 2.34. The zero-order valence-electron chi connectivity index (χ0n) is 7.90. The molecule has 1 saturated heterocycles. The molecule has 0 bridgehead atoms. The van der Waals surface area contributed by atoms with Crippen LogP contribution < -0.4 is 0 Å². The van der Waals surface area contributed by atoms with Crippen LogP contribution in [0, 0.1) is 6.92 Å². The molecule has 0 saturated carbocycles. The molecule has 0 aromatic heterocycles. The SMILES string of the molecule is Cc1ccc(CN2CC(O)C2)cc1. The van der Waals surface area contributed by atoms with Gasteiger partial charge in [0, 0.05) is 19.6 Å². The molecule has 1 N–H and O–H groups in total. The van der Waals surface area contributed by atoms with Crippen molar-refractivity contribution in [1.29, 1.82) is 0 Å². The maximum Gasteiger partial charge on any atom is 0.0794 e. The summed E-state index contributed by atoms with van der Waals surface area (Å²) >= 11 is 0. The Morgan fingerprint density at radius 1 is 1.31 bits per heavy atom. The monoisotopic (exact) mass is 177 g/mol. The van der Waals surface area contributed by atoms with Crippen molar-refractivity contribution in [2.75, 3.05) is 13.1 Å². The number of hydrogen-bond donors (Lipinski definition) is 1. The number of hydrogen-bond acceptors (Lipinski definition) is 2. The minimum atomic E-state index is -0.0922. The molecule has 0 aliphatic carbocycles. The van der Waals surface area contributed by atoms with E-state index >= 15 is 0 Å². The predicted molar refractivity (Wildman–Crippen MR) is 52.5 cm³/mol. The Morgan fingerprint density at radius 3 is 2.46 bits per heavy atom. The maximum absolute atomic E-state index is 9.10. The van der Waals surface area contributed by atoms with E-state index in [2.05, 4.69) is 36.1 Å². The number of aliphatic hydroxyl groups excluding tert-OH is 1. The normalized spacial score (nSPS) is 18.6. The molecule has 1 aliphatic rings. The van der Waals surface area contributed by atoms with Crippen LogP contribution >= 0.6 is 0 Å². The van der Waals surface area contributed by atoms with Crippen molar-refractivity contribution in [2.45, 2.75) is 19.6 Å². The van der Waals surface area contributed by atoms with Gasteiger partial charge in [0.25, 0.3) is 0 Å². The first kappa shape index (κ1) is 8.73. The molecule has 2 nitrogen and oxygen atoms in total. The molecule has 1 heterocycles. The lowest BCUT2D eigenvalue weighted by atomic mass is 10.1. The third-order valence-electron chi connectivity index (χ3n) is 2.46. The van der Waals surface area contributed by atoms with Crippen molar-refractivity contribution in [3.63, 3.8) is 0 Å². The molecule has 1 aromatic carbocycles. The second-order valence-electron chi connectivity index (χ2n) is 3.83. The summed E-state index contributed by atoms with van der Waals surface area (Å²) in [5, 5.41) is 9.10. The molecule has 2 rings (SSSR count). The number of nitrogens with zero attached hydrogens (tertiary/aromatic N) is 1. The molecule has 1 aromatic rings. The molecule has 2 heteroatoms. The summed E-state index contributed by atoms with van der Waals surface area (Å²) in [4.78, 5) is 2.25. The molecular weight excluding hydrogens is 162 g/mol. The van der Waals surface area contributed by atoms with Crippen molar-refractivity contribution < 1.29 is 5.11 Å². The molecule has 13 heavy (non-hydrogen) atoms. The van der Waals surface area contributed by atoms with Crippen LogP contribution in [-0.2, 0) is 6.54 Å². The van der Waals surface area contributed by atoms with Crippen molar-refractivity contribution in [1.82, 2.24) is 4.90 Å². The van der Waals surface area contributed by atoms with Gasteiger partial charge in [0.05, 0.1) is 6.10 Å². The van der Waals surface area contributed by atoms with Gasteiger partial charge in [-0.2, -0.15) is 0 Å². The Morgan fingerprint density at radius 2 is 1.92 bits per heavy atom. The van der Waals surface area contributed by atoms with Gasteiger partial charge in [-0.3, -0.25) is 4.90 Å². The molecule has 70 valence electrons. The van der Waals surface area contributed by atoms with E-state index in [-0.39, 0.29) is 6.10 Å². The van der Waals surface area contributed by atoms with E-state index in [1.807, 2.05) is 0 Å². The molecular formula is C11H15NO. The van der Waals surface area contributed by atoms with Crippen LogP contribution in [-0.4, -0.2) is 29.2 Å². The van der Waals surface area contributed by atoms with Gasteiger partial charge in [0.15, 0.2) is 0 Å². The highest BCUT2D eigenvalue weighted by atomic mass is 16.3. The number of aliphatic hydroxyl groups is 1. The Bertz CT molecular complexity index is 275. The van der Waals surface area contributed by atoms with E-state index in [4.69, 9.17) is 5.11 Å². The molecule has 0 unspecified atom stereocenters.